The van der Waals surface area contributed by atoms with E-state index < -0.39 is 0 Å². The second-order valence-corrected chi connectivity index (χ2v) is 7.74. The summed E-state index contributed by atoms with van der Waals surface area (Å²) in [5, 5.41) is 0. The van der Waals surface area contributed by atoms with E-state index in [-0.39, 0.29) is 12.0 Å². The van der Waals surface area contributed by atoms with E-state index in [9.17, 15) is 4.79 Å². The lowest BCUT2D eigenvalue weighted by Gasteiger charge is -2.34. The van der Waals surface area contributed by atoms with Crippen molar-refractivity contribution in [3.05, 3.63) is 29.3 Å². The van der Waals surface area contributed by atoms with Crippen LogP contribution in [-0.2, 0) is 4.74 Å². The number of carbonyl (C=O) groups is 1. The molecule has 1 amide bonds. The van der Waals surface area contributed by atoms with Gasteiger partial charge in [-0.2, -0.15) is 0 Å². The fraction of sp³-hybridized carbons (Fsp3) is 0.650. The van der Waals surface area contributed by atoms with Gasteiger partial charge < -0.3 is 14.4 Å². The molecule has 1 aromatic carbocycles. The first-order valence-corrected chi connectivity index (χ1v) is 9.47. The molecule has 25 heavy (non-hydrogen) atoms. The molecule has 2 saturated heterocycles. The van der Waals surface area contributed by atoms with E-state index in [0.29, 0.717) is 17.9 Å². The molecule has 0 bridgehead atoms. The fourth-order valence-corrected chi connectivity index (χ4v) is 4.42. The molecule has 0 saturated carbocycles. The van der Waals surface area contributed by atoms with Crippen LogP contribution >= 0.6 is 0 Å². The lowest BCUT2D eigenvalue weighted by molar-refractivity contribution is 0.0119. The van der Waals surface area contributed by atoms with E-state index in [1.54, 1.807) is 0 Å². The third kappa shape index (κ3) is 2.93. The minimum Gasteiger partial charge on any atom is -0.489 e. The van der Waals surface area contributed by atoms with Gasteiger partial charge in [-0.05, 0) is 18.9 Å². The Morgan fingerprint density at radius 2 is 1.88 bits per heavy atom. The van der Waals surface area contributed by atoms with Crippen LogP contribution in [0.15, 0.2) is 18.2 Å². The van der Waals surface area contributed by atoms with Crippen LogP contribution in [0.2, 0.25) is 0 Å². The van der Waals surface area contributed by atoms with Crippen molar-refractivity contribution < 1.29 is 14.3 Å². The number of benzene rings is 1. The van der Waals surface area contributed by atoms with E-state index in [0.717, 1.165) is 56.3 Å². The molecular weight excluding hydrogens is 316 g/mol. The van der Waals surface area contributed by atoms with Crippen molar-refractivity contribution in [2.45, 2.75) is 38.8 Å². The third-order valence-electron chi connectivity index (χ3n) is 6.15. The monoisotopic (exact) mass is 344 g/mol. The second kappa shape index (κ2) is 6.61. The highest BCUT2D eigenvalue weighted by molar-refractivity contribution is 5.98. The second-order valence-electron chi connectivity index (χ2n) is 7.74. The number of ether oxygens (including phenoxy) is 2. The molecule has 0 spiro atoms. The van der Waals surface area contributed by atoms with E-state index in [1.165, 1.54) is 0 Å². The van der Waals surface area contributed by atoms with Gasteiger partial charge >= 0.3 is 0 Å². The van der Waals surface area contributed by atoms with Crippen LogP contribution < -0.4 is 4.74 Å². The predicted molar refractivity (Wildman–Crippen MR) is 96.2 cm³/mol. The van der Waals surface area contributed by atoms with E-state index in [2.05, 4.69) is 31.7 Å². The van der Waals surface area contributed by atoms with Gasteiger partial charge in [0, 0.05) is 43.7 Å². The van der Waals surface area contributed by atoms with Crippen LogP contribution in [-0.4, -0.2) is 67.2 Å². The molecule has 3 aliphatic rings. The zero-order chi connectivity index (χ0) is 17.6. The number of carbonyl (C=O) groups excluding carboxylic acids is 1. The summed E-state index contributed by atoms with van der Waals surface area (Å²) in [6.45, 7) is 11.6. The Balaban J connectivity index is 1.53. The normalized spacial score (nSPS) is 32.5. The standard InChI is InChI=1S/C20H28N2O3/c1-13-11-22(12-18(13)21-7-9-24-10-8-21)20(23)17-6-4-5-16-14(2)15(3)25-19(16)17/h4-6,13-15,18H,7-12H2,1-3H3/t13-,14-,15-,18+/m1/s1. The maximum Gasteiger partial charge on any atom is 0.257 e. The van der Waals surface area contributed by atoms with Crippen molar-refractivity contribution >= 4 is 5.91 Å². The average molecular weight is 344 g/mol. The molecule has 4 atom stereocenters. The van der Waals surface area contributed by atoms with Gasteiger partial charge in [0.25, 0.3) is 5.91 Å². The van der Waals surface area contributed by atoms with Crippen molar-refractivity contribution in [3.8, 4) is 5.75 Å². The Bertz CT molecular complexity index is 656. The molecule has 0 radical (unpaired) electrons. The lowest BCUT2D eigenvalue weighted by Crippen LogP contribution is -2.47. The number of likely N-dealkylation sites (tertiary alicyclic amines) is 1. The molecule has 5 nitrogen and oxygen atoms in total. The van der Waals surface area contributed by atoms with E-state index in [4.69, 9.17) is 9.47 Å². The first-order valence-electron chi connectivity index (χ1n) is 9.47. The number of hydrogen-bond donors (Lipinski definition) is 0. The van der Waals surface area contributed by atoms with E-state index >= 15 is 0 Å². The smallest absolute Gasteiger partial charge is 0.257 e. The Hall–Kier alpha value is -1.59. The van der Waals surface area contributed by atoms with Crippen molar-refractivity contribution in [2.24, 2.45) is 5.92 Å². The first-order chi connectivity index (χ1) is 12.1. The number of rotatable bonds is 2. The molecule has 136 valence electrons. The number of amides is 1. The predicted octanol–water partition coefficient (Wildman–Crippen LogP) is 2.36. The van der Waals surface area contributed by atoms with Gasteiger partial charge in [0.1, 0.15) is 11.9 Å². The molecule has 0 unspecified atom stereocenters. The fourth-order valence-electron chi connectivity index (χ4n) is 4.42. The molecule has 5 heteroatoms. The van der Waals surface area contributed by atoms with Crippen molar-refractivity contribution in [1.29, 1.82) is 0 Å². The van der Waals surface area contributed by atoms with Gasteiger partial charge in [-0.15, -0.1) is 0 Å². The number of fused-ring (bicyclic) bond motifs is 1. The highest BCUT2D eigenvalue weighted by Gasteiger charge is 2.39. The Labute approximate surface area is 149 Å². The third-order valence-corrected chi connectivity index (χ3v) is 6.15. The van der Waals surface area contributed by atoms with Gasteiger partial charge in [-0.3, -0.25) is 9.69 Å². The molecule has 1 aromatic rings. The topological polar surface area (TPSA) is 42.0 Å². The molecule has 3 aliphatic heterocycles. The van der Waals surface area contributed by atoms with E-state index in [1.807, 2.05) is 17.0 Å². The number of para-hydroxylation sites is 1. The SMILES string of the molecule is C[C@@H]1CN(C(=O)c2cccc3c2O[C@H](C)[C@H]3C)C[C@@H]1N1CCOCC1. The van der Waals surface area contributed by atoms with Crippen LogP contribution in [0.3, 0.4) is 0 Å². The lowest BCUT2D eigenvalue weighted by atomic mass is 9.96. The van der Waals surface area contributed by atoms with Gasteiger partial charge in [0.2, 0.25) is 0 Å². The minimum absolute atomic E-state index is 0.112. The number of hydrogen-bond acceptors (Lipinski definition) is 4. The summed E-state index contributed by atoms with van der Waals surface area (Å²) in [6.07, 6.45) is 0.127. The quantitative estimate of drug-likeness (QED) is 0.826. The average Bonchev–Trinajstić information content (AvgIpc) is 3.16. The zero-order valence-electron chi connectivity index (χ0n) is 15.4. The summed E-state index contributed by atoms with van der Waals surface area (Å²) in [7, 11) is 0. The molecule has 0 aliphatic carbocycles. The van der Waals surface area contributed by atoms with Crippen LogP contribution in [0.1, 0.15) is 42.6 Å². The molecular formula is C20H28N2O3. The Morgan fingerprint density at radius 3 is 2.64 bits per heavy atom. The largest absolute Gasteiger partial charge is 0.489 e. The molecule has 2 fully saturated rings. The summed E-state index contributed by atoms with van der Waals surface area (Å²) in [5.41, 5.74) is 1.89. The Kier molecular flexibility index (Phi) is 4.46. The maximum atomic E-state index is 13.2. The van der Waals surface area contributed by atoms with Crippen LogP contribution in [0.25, 0.3) is 0 Å². The summed E-state index contributed by atoms with van der Waals surface area (Å²) in [6, 6.07) is 6.42. The maximum absolute atomic E-state index is 13.2. The van der Waals surface area contributed by atoms with Crippen LogP contribution in [0.5, 0.6) is 5.75 Å². The summed E-state index contributed by atoms with van der Waals surface area (Å²) in [4.78, 5) is 17.7. The molecule has 0 N–H and O–H groups in total. The van der Waals surface area contributed by atoms with Crippen LogP contribution in [0, 0.1) is 5.92 Å². The highest BCUT2D eigenvalue weighted by atomic mass is 16.5. The van der Waals surface area contributed by atoms with Gasteiger partial charge in [0.15, 0.2) is 0 Å². The van der Waals surface area contributed by atoms with Gasteiger partial charge in [-0.25, -0.2) is 0 Å². The minimum atomic E-state index is 0.112. The van der Waals surface area contributed by atoms with Crippen LogP contribution in [0.4, 0.5) is 0 Å². The number of nitrogens with zero attached hydrogens (tertiary/aromatic N) is 2. The van der Waals surface area contributed by atoms with Crippen molar-refractivity contribution in [3.63, 3.8) is 0 Å². The van der Waals surface area contributed by atoms with Crippen molar-refractivity contribution in [2.75, 3.05) is 39.4 Å². The summed E-state index contributed by atoms with van der Waals surface area (Å²) < 4.78 is 11.5. The summed E-state index contributed by atoms with van der Waals surface area (Å²) in [5.74, 6) is 1.73. The van der Waals surface area contributed by atoms with Gasteiger partial charge in [-0.1, -0.05) is 26.0 Å². The molecule has 4 rings (SSSR count). The molecule has 3 heterocycles. The van der Waals surface area contributed by atoms with Crippen molar-refractivity contribution in [1.82, 2.24) is 9.80 Å². The first kappa shape index (κ1) is 16.9. The number of morpholine rings is 1. The van der Waals surface area contributed by atoms with Gasteiger partial charge in [0.05, 0.1) is 18.8 Å². The molecule has 0 aromatic heterocycles. The zero-order valence-corrected chi connectivity index (χ0v) is 15.4. The Morgan fingerprint density at radius 1 is 1.12 bits per heavy atom. The summed E-state index contributed by atoms with van der Waals surface area (Å²) >= 11 is 0. The highest BCUT2D eigenvalue weighted by Crippen LogP contribution is 2.41.